The zero-order valence-electron chi connectivity index (χ0n) is 14.5. The summed E-state index contributed by atoms with van der Waals surface area (Å²) < 4.78 is 1.92. The first-order valence-electron chi connectivity index (χ1n) is 8.74. The van der Waals surface area contributed by atoms with E-state index in [9.17, 15) is 0 Å². The number of nitrogens with one attached hydrogen (secondary N) is 1. The summed E-state index contributed by atoms with van der Waals surface area (Å²) >= 11 is 0. The van der Waals surface area contributed by atoms with E-state index in [2.05, 4.69) is 31.3 Å². The average Bonchev–Trinajstić information content (AvgIpc) is 3.37. The molecule has 0 radical (unpaired) electrons. The van der Waals surface area contributed by atoms with Crippen LogP contribution in [0.2, 0.25) is 0 Å². The van der Waals surface area contributed by atoms with Crippen molar-refractivity contribution in [2.24, 2.45) is 0 Å². The molecule has 4 aromatic heterocycles. The van der Waals surface area contributed by atoms with Crippen molar-refractivity contribution >= 4 is 27.6 Å². The lowest BCUT2D eigenvalue weighted by Gasteiger charge is -2.03. The standard InChI is InChI=1S/C20H17N7/c21-20-19-16(12-27(26-19)10-7-14-3-1-2-8-22-14)15-5-4-13(11-18(15)24-20)17-6-9-23-25-17/h1-6,8-9,11-12H,7,10H2,(H2,21,24)(H,23,25). The number of aryl methyl sites for hydroxylation is 2. The van der Waals surface area contributed by atoms with Crippen molar-refractivity contribution < 1.29 is 0 Å². The summed E-state index contributed by atoms with van der Waals surface area (Å²) in [5, 5.41) is 13.7. The molecule has 0 aliphatic carbocycles. The van der Waals surface area contributed by atoms with E-state index in [1.807, 2.05) is 47.3 Å². The molecule has 7 heteroatoms. The summed E-state index contributed by atoms with van der Waals surface area (Å²) in [6.07, 6.45) is 6.45. The van der Waals surface area contributed by atoms with Crippen molar-refractivity contribution in [1.82, 2.24) is 29.9 Å². The molecule has 0 aliphatic rings. The Kier molecular flexibility index (Phi) is 3.57. The van der Waals surface area contributed by atoms with Gasteiger partial charge in [-0.15, -0.1) is 0 Å². The Morgan fingerprint density at radius 2 is 2.04 bits per heavy atom. The highest BCUT2D eigenvalue weighted by Gasteiger charge is 2.12. The topological polar surface area (TPSA) is 98.3 Å². The second-order valence-electron chi connectivity index (χ2n) is 6.41. The van der Waals surface area contributed by atoms with Crippen LogP contribution >= 0.6 is 0 Å². The monoisotopic (exact) mass is 355 g/mol. The van der Waals surface area contributed by atoms with Gasteiger partial charge in [0.25, 0.3) is 0 Å². The molecule has 0 bridgehead atoms. The molecule has 4 heterocycles. The van der Waals surface area contributed by atoms with Crippen molar-refractivity contribution in [2.75, 3.05) is 5.73 Å². The first-order valence-corrected chi connectivity index (χ1v) is 8.74. The second kappa shape index (κ2) is 6.21. The van der Waals surface area contributed by atoms with Gasteiger partial charge < -0.3 is 5.73 Å². The van der Waals surface area contributed by atoms with Crippen LogP contribution in [0.25, 0.3) is 33.1 Å². The van der Waals surface area contributed by atoms with Crippen LogP contribution in [-0.4, -0.2) is 29.9 Å². The van der Waals surface area contributed by atoms with Crippen LogP contribution < -0.4 is 5.73 Å². The zero-order chi connectivity index (χ0) is 18.2. The average molecular weight is 355 g/mol. The molecule has 0 fully saturated rings. The summed E-state index contributed by atoms with van der Waals surface area (Å²) in [6, 6.07) is 14.0. The Morgan fingerprint density at radius 1 is 1.07 bits per heavy atom. The SMILES string of the molecule is Nc1nc2cc(-c3cc[nH]n3)ccc2c2cn(CCc3ccccn3)nc12. The van der Waals surface area contributed by atoms with Gasteiger partial charge in [-0.25, -0.2) is 4.98 Å². The summed E-state index contributed by atoms with van der Waals surface area (Å²) in [5.74, 6) is 0.438. The number of nitrogen functional groups attached to an aromatic ring is 1. The number of fused-ring (bicyclic) bond motifs is 3. The molecule has 0 atom stereocenters. The van der Waals surface area contributed by atoms with E-state index < -0.39 is 0 Å². The molecule has 0 saturated carbocycles. The molecule has 1 aromatic carbocycles. The first-order chi connectivity index (χ1) is 13.3. The molecular formula is C20H17N7. The van der Waals surface area contributed by atoms with Crippen molar-refractivity contribution in [3.63, 3.8) is 0 Å². The van der Waals surface area contributed by atoms with Gasteiger partial charge in [0.2, 0.25) is 0 Å². The lowest BCUT2D eigenvalue weighted by Crippen LogP contribution is -2.03. The summed E-state index contributed by atoms with van der Waals surface area (Å²) in [5.41, 5.74) is 10.7. The number of hydrogen-bond donors (Lipinski definition) is 2. The van der Waals surface area contributed by atoms with E-state index >= 15 is 0 Å². The fourth-order valence-electron chi connectivity index (χ4n) is 3.31. The van der Waals surface area contributed by atoms with Crippen LogP contribution in [-0.2, 0) is 13.0 Å². The van der Waals surface area contributed by atoms with Gasteiger partial charge in [-0.3, -0.25) is 14.8 Å². The van der Waals surface area contributed by atoms with E-state index in [4.69, 9.17) is 5.73 Å². The Balaban J connectivity index is 1.55. The molecule has 5 rings (SSSR count). The number of nitrogens with zero attached hydrogens (tertiary/aromatic N) is 5. The minimum absolute atomic E-state index is 0.438. The number of benzene rings is 1. The molecule has 132 valence electrons. The number of pyridine rings is 2. The maximum Gasteiger partial charge on any atom is 0.152 e. The van der Waals surface area contributed by atoms with Gasteiger partial charge in [-0.2, -0.15) is 10.2 Å². The number of nitrogens with two attached hydrogens (primary N) is 1. The number of aromatic amines is 1. The van der Waals surface area contributed by atoms with Crippen molar-refractivity contribution in [3.05, 3.63) is 66.7 Å². The fraction of sp³-hybridized carbons (Fsp3) is 0.100. The van der Waals surface area contributed by atoms with E-state index in [0.717, 1.165) is 51.7 Å². The van der Waals surface area contributed by atoms with Gasteiger partial charge in [0.1, 0.15) is 5.52 Å². The van der Waals surface area contributed by atoms with E-state index in [-0.39, 0.29) is 0 Å². The number of hydrogen-bond acceptors (Lipinski definition) is 5. The molecule has 0 saturated heterocycles. The Labute approximate surface area is 154 Å². The minimum Gasteiger partial charge on any atom is -0.382 e. The van der Waals surface area contributed by atoms with Crippen LogP contribution in [0.5, 0.6) is 0 Å². The third-order valence-corrected chi connectivity index (χ3v) is 4.65. The smallest absolute Gasteiger partial charge is 0.152 e. The molecule has 7 nitrogen and oxygen atoms in total. The molecule has 3 N–H and O–H groups in total. The number of anilines is 1. The largest absolute Gasteiger partial charge is 0.382 e. The van der Waals surface area contributed by atoms with E-state index in [1.54, 1.807) is 12.4 Å². The van der Waals surface area contributed by atoms with Crippen LogP contribution in [0.3, 0.4) is 0 Å². The van der Waals surface area contributed by atoms with E-state index in [1.165, 1.54) is 0 Å². The maximum absolute atomic E-state index is 6.19. The van der Waals surface area contributed by atoms with Crippen LogP contribution in [0, 0.1) is 0 Å². The number of aromatic nitrogens is 6. The van der Waals surface area contributed by atoms with Crippen molar-refractivity contribution in [2.45, 2.75) is 13.0 Å². The summed E-state index contributed by atoms with van der Waals surface area (Å²) in [6.45, 7) is 0.734. The van der Waals surface area contributed by atoms with Crippen LogP contribution in [0.4, 0.5) is 5.82 Å². The molecule has 0 amide bonds. The Bertz CT molecular complexity index is 1220. The molecule has 0 aliphatic heterocycles. The molecule has 0 unspecified atom stereocenters. The Morgan fingerprint density at radius 3 is 2.85 bits per heavy atom. The quantitative estimate of drug-likeness (QED) is 0.516. The maximum atomic E-state index is 6.19. The van der Waals surface area contributed by atoms with Crippen LogP contribution in [0.15, 0.2) is 61.1 Å². The van der Waals surface area contributed by atoms with Crippen LogP contribution in [0.1, 0.15) is 5.69 Å². The molecule has 27 heavy (non-hydrogen) atoms. The van der Waals surface area contributed by atoms with Gasteiger partial charge in [-0.1, -0.05) is 18.2 Å². The summed E-state index contributed by atoms with van der Waals surface area (Å²) in [4.78, 5) is 8.92. The lowest BCUT2D eigenvalue weighted by molar-refractivity contribution is 0.614. The number of H-pyrrole nitrogens is 1. The molecule has 0 spiro atoms. The lowest BCUT2D eigenvalue weighted by atomic mass is 10.1. The van der Waals surface area contributed by atoms with Gasteiger partial charge in [0.15, 0.2) is 5.82 Å². The van der Waals surface area contributed by atoms with Gasteiger partial charge >= 0.3 is 0 Å². The highest BCUT2D eigenvalue weighted by molar-refractivity contribution is 6.08. The van der Waals surface area contributed by atoms with Gasteiger partial charge in [-0.05, 0) is 24.3 Å². The predicted octanol–water partition coefficient (Wildman–Crippen LogP) is 3.19. The van der Waals surface area contributed by atoms with Gasteiger partial charge in [0, 0.05) is 53.6 Å². The normalized spacial score (nSPS) is 11.4. The highest BCUT2D eigenvalue weighted by Crippen LogP contribution is 2.29. The predicted molar refractivity (Wildman–Crippen MR) is 105 cm³/mol. The second-order valence-corrected chi connectivity index (χ2v) is 6.41. The van der Waals surface area contributed by atoms with Crippen molar-refractivity contribution in [1.29, 1.82) is 0 Å². The molecular weight excluding hydrogens is 338 g/mol. The third-order valence-electron chi connectivity index (χ3n) is 4.65. The first kappa shape index (κ1) is 15.5. The minimum atomic E-state index is 0.438. The zero-order valence-corrected chi connectivity index (χ0v) is 14.5. The fourth-order valence-corrected chi connectivity index (χ4v) is 3.31. The number of rotatable bonds is 4. The highest BCUT2D eigenvalue weighted by atomic mass is 15.3. The third kappa shape index (κ3) is 2.79. The van der Waals surface area contributed by atoms with Gasteiger partial charge in [0.05, 0.1) is 11.2 Å². The Hall–Kier alpha value is -3.74. The van der Waals surface area contributed by atoms with E-state index in [0.29, 0.717) is 5.82 Å². The molecule has 5 aromatic rings. The van der Waals surface area contributed by atoms with Crippen molar-refractivity contribution in [3.8, 4) is 11.3 Å². The summed E-state index contributed by atoms with van der Waals surface area (Å²) in [7, 11) is 0.